The van der Waals surface area contributed by atoms with Crippen molar-refractivity contribution in [1.29, 1.82) is 0 Å². The van der Waals surface area contributed by atoms with Crippen LogP contribution >= 0.6 is 0 Å². The molecule has 5 rings (SSSR count). The molecule has 0 unspecified atom stereocenters. The lowest BCUT2D eigenvalue weighted by Crippen LogP contribution is -2.42. The zero-order valence-corrected chi connectivity index (χ0v) is 18.1. The van der Waals surface area contributed by atoms with Crippen LogP contribution in [0.3, 0.4) is 0 Å². The van der Waals surface area contributed by atoms with Crippen LogP contribution in [0.25, 0.3) is 10.9 Å². The van der Waals surface area contributed by atoms with E-state index in [4.69, 9.17) is 0 Å². The van der Waals surface area contributed by atoms with Crippen molar-refractivity contribution in [3.8, 4) is 5.88 Å². The van der Waals surface area contributed by atoms with E-state index in [0.29, 0.717) is 6.54 Å². The van der Waals surface area contributed by atoms with Crippen molar-refractivity contribution in [2.24, 2.45) is 0 Å². The zero-order valence-electron chi connectivity index (χ0n) is 18.1. The van der Waals surface area contributed by atoms with E-state index in [1.165, 1.54) is 4.57 Å². The summed E-state index contributed by atoms with van der Waals surface area (Å²) in [6, 6.07) is 16.6. The maximum Gasteiger partial charge on any atom is 0.331 e. The minimum atomic E-state index is -0.622. The lowest BCUT2D eigenvalue weighted by molar-refractivity contribution is 0.214. The number of aromatic nitrogens is 3. The van der Waals surface area contributed by atoms with Crippen molar-refractivity contribution in [3.63, 3.8) is 0 Å². The van der Waals surface area contributed by atoms with Gasteiger partial charge in [-0.05, 0) is 37.1 Å². The molecule has 1 aliphatic heterocycles. The topological polar surface area (TPSA) is 94.1 Å². The molecule has 7 heteroatoms. The van der Waals surface area contributed by atoms with E-state index in [-0.39, 0.29) is 11.4 Å². The monoisotopic (exact) mass is 430 g/mol. The second kappa shape index (κ2) is 7.84. The van der Waals surface area contributed by atoms with Crippen molar-refractivity contribution in [1.82, 2.24) is 19.4 Å². The molecule has 32 heavy (non-hydrogen) atoms. The van der Waals surface area contributed by atoms with E-state index in [0.717, 1.165) is 40.7 Å². The highest BCUT2D eigenvalue weighted by Crippen LogP contribution is 2.39. The van der Waals surface area contributed by atoms with Gasteiger partial charge in [-0.1, -0.05) is 55.5 Å². The first-order valence-electron chi connectivity index (χ1n) is 11.0. The molecule has 2 atom stereocenters. The number of H-pyrrole nitrogens is 2. The van der Waals surface area contributed by atoms with Gasteiger partial charge in [-0.3, -0.25) is 19.2 Å². The average molecular weight is 431 g/mol. The van der Waals surface area contributed by atoms with Crippen LogP contribution in [0.4, 0.5) is 0 Å². The Balaban J connectivity index is 1.74. The fourth-order valence-electron chi connectivity index (χ4n) is 5.00. The van der Waals surface area contributed by atoms with Gasteiger partial charge in [0.2, 0.25) is 5.88 Å². The SMILES string of the molecule is CCN1CCc2c([nH]c3ccccc23)[C@H]1c1c(O)n([C@H](C)c2ccccc2)c(=O)[nH]c1=O. The molecule has 3 heterocycles. The van der Waals surface area contributed by atoms with E-state index < -0.39 is 23.3 Å². The molecule has 0 saturated carbocycles. The summed E-state index contributed by atoms with van der Waals surface area (Å²) in [7, 11) is 0. The number of aromatic hydroxyl groups is 1. The number of nitrogens with one attached hydrogen (secondary N) is 2. The maximum absolute atomic E-state index is 13.1. The molecular formula is C25H26N4O3. The van der Waals surface area contributed by atoms with E-state index in [1.807, 2.05) is 62.4 Å². The van der Waals surface area contributed by atoms with Crippen molar-refractivity contribution < 1.29 is 5.11 Å². The molecule has 0 bridgehead atoms. The Kier molecular flexibility index (Phi) is 4.98. The first kappa shape index (κ1) is 20.3. The van der Waals surface area contributed by atoms with Gasteiger partial charge < -0.3 is 10.1 Å². The number of para-hydroxylation sites is 1. The Labute approximate surface area is 185 Å². The van der Waals surface area contributed by atoms with Gasteiger partial charge in [-0.2, -0.15) is 0 Å². The Morgan fingerprint density at radius 1 is 1.06 bits per heavy atom. The Morgan fingerprint density at radius 2 is 1.78 bits per heavy atom. The standard InChI is InChI=1S/C25H26N4O3/c1-3-28-14-13-18-17-11-7-8-12-19(17)26-21(18)22(28)20-23(30)27-25(32)29(24(20)31)15(2)16-9-5-4-6-10-16/h4-12,15,22,26,31H,3,13-14H2,1-2H3,(H,27,30,32)/t15-,22-/m1/s1. The largest absolute Gasteiger partial charge is 0.494 e. The summed E-state index contributed by atoms with van der Waals surface area (Å²) >= 11 is 0. The van der Waals surface area contributed by atoms with E-state index >= 15 is 0 Å². The lowest BCUT2D eigenvalue weighted by atomic mass is 9.93. The Bertz CT molecular complexity index is 1400. The number of nitrogens with zero attached hydrogens (tertiary/aromatic N) is 2. The van der Waals surface area contributed by atoms with Gasteiger partial charge >= 0.3 is 5.69 Å². The third kappa shape index (κ3) is 3.08. The highest BCUT2D eigenvalue weighted by Gasteiger charge is 2.36. The molecule has 164 valence electrons. The summed E-state index contributed by atoms with van der Waals surface area (Å²) in [6.07, 6.45) is 0.850. The van der Waals surface area contributed by atoms with Crippen LogP contribution in [-0.2, 0) is 6.42 Å². The molecule has 4 aromatic rings. The van der Waals surface area contributed by atoms with Gasteiger partial charge in [0.15, 0.2) is 0 Å². The van der Waals surface area contributed by atoms with Gasteiger partial charge in [-0.25, -0.2) is 4.79 Å². The van der Waals surface area contributed by atoms with E-state index in [9.17, 15) is 14.7 Å². The molecule has 0 spiro atoms. The number of aromatic amines is 2. The lowest BCUT2D eigenvalue weighted by Gasteiger charge is -2.35. The van der Waals surface area contributed by atoms with Crippen LogP contribution in [0.2, 0.25) is 0 Å². The molecule has 0 saturated heterocycles. The number of rotatable bonds is 4. The molecule has 0 amide bonds. The first-order valence-corrected chi connectivity index (χ1v) is 11.0. The molecule has 3 N–H and O–H groups in total. The zero-order chi connectivity index (χ0) is 22.4. The van der Waals surface area contributed by atoms with Crippen LogP contribution in [0, 0.1) is 0 Å². The van der Waals surface area contributed by atoms with E-state index in [2.05, 4.69) is 20.9 Å². The van der Waals surface area contributed by atoms with Crippen LogP contribution < -0.4 is 11.2 Å². The predicted octanol–water partition coefficient (Wildman–Crippen LogP) is 3.30. The molecule has 7 nitrogen and oxygen atoms in total. The summed E-state index contributed by atoms with van der Waals surface area (Å²) < 4.78 is 1.27. The minimum absolute atomic E-state index is 0.196. The van der Waals surface area contributed by atoms with Crippen LogP contribution in [0.5, 0.6) is 5.88 Å². The molecule has 2 aromatic carbocycles. The van der Waals surface area contributed by atoms with Crippen LogP contribution in [-0.4, -0.2) is 37.6 Å². The van der Waals surface area contributed by atoms with Crippen molar-refractivity contribution >= 4 is 10.9 Å². The number of benzene rings is 2. The van der Waals surface area contributed by atoms with E-state index in [1.54, 1.807) is 0 Å². The van der Waals surface area contributed by atoms with Crippen molar-refractivity contribution in [2.75, 3.05) is 13.1 Å². The van der Waals surface area contributed by atoms with Gasteiger partial charge in [0.1, 0.15) is 5.56 Å². The van der Waals surface area contributed by atoms with Crippen LogP contribution in [0.15, 0.2) is 64.2 Å². The summed E-state index contributed by atoms with van der Waals surface area (Å²) in [5.74, 6) is -0.287. The highest BCUT2D eigenvalue weighted by atomic mass is 16.3. The van der Waals surface area contributed by atoms with Crippen LogP contribution in [0.1, 0.15) is 48.3 Å². The third-order valence-electron chi connectivity index (χ3n) is 6.64. The second-order valence-electron chi connectivity index (χ2n) is 8.30. The predicted molar refractivity (Wildman–Crippen MR) is 124 cm³/mol. The van der Waals surface area contributed by atoms with Gasteiger partial charge in [0.25, 0.3) is 5.56 Å². The fraction of sp³-hybridized carbons (Fsp3) is 0.280. The number of hydrogen-bond acceptors (Lipinski definition) is 4. The number of likely N-dealkylation sites (N-methyl/N-ethyl adjacent to an activating group) is 1. The third-order valence-corrected chi connectivity index (χ3v) is 6.64. The van der Waals surface area contributed by atoms with Gasteiger partial charge in [0.05, 0.1) is 12.1 Å². The maximum atomic E-state index is 13.1. The normalized spacial score (nSPS) is 17.4. The smallest absolute Gasteiger partial charge is 0.331 e. The molecule has 2 aromatic heterocycles. The number of fused-ring (bicyclic) bond motifs is 3. The summed E-state index contributed by atoms with van der Waals surface area (Å²) in [4.78, 5) is 34.0. The quantitative estimate of drug-likeness (QED) is 0.463. The highest BCUT2D eigenvalue weighted by molar-refractivity contribution is 5.85. The molecule has 0 radical (unpaired) electrons. The average Bonchev–Trinajstić information content (AvgIpc) is 3.18. The summed E-state index contributed by atoms with van der Waals surface area (Å²) in [6.45, 7) is 5.33. The van der Waals surface area contributed by atoms with Gasteiger partial charge in [0, 0.05) is 23.1 Å². The van der Waals surface area contributed by atoms with Crippen molar-refractivity contribution in [3.05, 3.63) is 97.8 Å². The fourth-order valence-corrected chi connectivity index (χ4v) is 5.00. The molecule has 0 fully saturated rings. The first-order chi connectivity index (χ1) is 15.5. The molecular weight excluding hydrogens is 404 g/mol. The summed E-state index contributed by atoms with van der Waals surface area (Å²) in [5.41, 5.74) is 2.94. The Hall–Kier alpha value is -3.58. The molecule has 0 aliphatic carbocycles. The Morgan fingerprint density at radius 3 is 2.53 bits per heavy atom. The molecule has 1 aliphatic rings. The number of hydrogen-bond donors (Lipinski definition) is 3. The minimum Gasteiger partial charge on any atom is -0.494 e. The second-order valence-corrected chi connectivity index (χ2v) is 8.30. The van der Waals surface area contributed by atoms with Crippen molar-refractivity contribution in [2.45, 2.75) is 32.4 Å². The summed E-state index contributed by atoms with van der Waals surface area (Å²) in [5, 5.41) is 12.5. The van der Waals surface area contributed by atoms with Gasteiger partial charge in [-0.15, -0.1) is 0 Å².